The lowest BCUT2D eigenvalue weighted by Gasteiger charge is -2.05. The highest BCUT2D eigenvalue weighted by Gasteiger charge is 2.14. The Hall–Kier alpha value is -2.99. The summed E-state index contributed by atoms with van der Waals surface area (Å²) in [7, 11) is 0. The van der Waals surface area contributed by atoms with Crippen LogP contribution in [0.2, 0.25) is 0 Å². The quantitative estimate of drug-likeness (QED) is 0.272. The predicted octanol–water partition coefficient (Wildman–Crippen LogP) is 5.86. The van der Waals surface area contributed by atoms with Crippen LogP contribution in [0.5, 0.6) is 0 Å². The molecule has 0 unspecified atom stereocenters. The zero-order valence-electron chi connectivity index (χ0n) is 16.4. The highest BCUT2D eigenvalue weighted by molar-refractivity contribution is 7.14. The van der Waals surface area contributed by atoms with Crippen molar-refractivity contribution in [2.45, 2.75) is 32.6 Å². The number of esters is 1. The minimum atomic E-state index is -0.351. The smallest absolute Gasteiger partial charge is 0.341 e. The van der Waals surface area contributed by atoms with Crippen LogP contribution in [0.4, 0.5) is 0 Å². The number of carbonyl (C=O) groups excluding carboxylic acids is 1. The van der Waals surface area contributed by atoms with E-state index >= 15 is 0 Å². The van der Waals surface area contributed by atoms with E-state index in [4.69, 9.17) is 4.74 Å². The van der Waals surface area contributed by atoms with Crippen molar-refractivity contribution in [3.63, 3.8) is 0 Å². The number of hydrogen-bond donors (Lipinski definition) is 0. The Bertz CT molecular complexity index is 1100. The van der Waals surface area contributed by atoms with Crippen molar-refractivity contribution in [3.8, 4) is 21.6 Å². The molecule has 0 spiro atoms. The number of unbranched alkanes of at least 4 members (excludes halogenated alkanes) is 3. The fraction of sp³-hybridized carbons (Fsp3) is 0.261. The van der Waals surface area contributed by atoms with Gasteiger partial charge >= 0.3 is 5.97 Å². The molecule has 29 heavy (non-hydrogen) atoms. The van der Waals surface area contributed by atoms with Gasteiger partial charge in [-0.3, -0.25) is 0 Å². The summed E-state index contributed by atoms with van der Waals surface area (Å²) in [6.45, 7) is 2.60. The summed E-state index contributed by atoms with van der Waals surface area (Å²) < 4.78 is 6.99. The maximum absolute atomic E-state index is 12.3. The van der Waals surface area contributed by atoms with Crippen LogP contribution in [0.25, 0.3) is 27.2 Å². The molecular weight excluding hydrogens is 382 g/mol. The molecule has 0 saturated heterocycles. The van der Waals surface area contributed by atoms with E-state index in [2.05, 4.69) is 40.6 Å². The van der Waals surface area contributed by atoms with Gasteiger partial charge in [0, 0.05) is 17.3 Å². The monoisotopic (exact) mass is 405 g/mol. The van der Waals surface area contributed by atoms with E-state index < -0.39 is 0 Å². The molecule has 0 N–H and O–H groups in total. The summed E-state index contributed by atoms with van der Waals surface area (Å²) in [6, 6.07) is 12.4. The fourth-order valence-electron chi connectivity index (χ4n) is 3.19. The first-order chi connectivity index (χ1) is 14.3. The Morgan fingerprint density at radius 3 is 2.79 bits per heavy atom. The molecule has 1 aromatic carbocycles. The maximum Gasteiger partial charge on any atom is 0.341 e. The van der Waals surface area contributed by atoms with Crippen molar-refractivity contribution in [2.24, 2.45) is 0 Å². The normalized spacial score (nSPS) is 11.1. The molecule has 0 aliphatic rings. The molecule has 0 amide bonds. The number of hydrogen-bond acceptors (Lipinski definition) is 5. The van der Waals surface area contributed by atoms with Crippen LogP contribution < -0.4 is 0 Å². The Morgan fingerprint density at radius 1 is 1.10 bits per heavy atom. The summed E-state index contributed by atoms with van der Waals surface area (Å²) in [5, 5.41) is 6.53. The lowest BCUT2D eigenvalue weighted by Crippen LogP contribution is -2.08. The van der Waals surface area contributed by atoms with Crippen LogP contribution in [-0.2, 0) is 4.74 Å². The molecule has 0 fully saturated rings. The summed E-state index contributed by atoms with van der Waals surface area (Å²) in [5.41, 5.74) is 4.46. The summed E-state index contributed by atoms with van der Waals surface area (Å²) in [5.74, 6) is -0.351. The van der Waals surface area contributed by atoms with Gasteiger partial charge in [0.1, 0.15) is 0 Å². The molecule has 6 heteroatoms. The number of carbonyl (C=O) groups is 1. The van der Waals surface area contributed by atoms with Gasteiger partial charge in [-0.1, -0.05) is 56.5 Å². The average molecular weight is 406 g/mol. The van der Waals surface area contributed by atoms with Crippen LogP contribution >= 0.6 is 11.3 Å². The molecule has 0 aliphatic carbocycles. The van der Waals surface area contributed by atoms with Crippen molar-refractivity contribution >= 4 is 23.0 Å². The van der Waals surface area contributed by atoms with Crippen molar-refractivity contribution in [3.05, 3.63) is 65.9 Å². The van der Waals surface area contributed by atoms with Gasteiger partial charge in [0.15, 0.2) is 5.65 Å². The number of rotatable bonds is 8. The topological polar surface area (TPSA) is 56.5 Å². The molecule has 148 valence electrons. The van der Waals surface area contributed by atoms with E-state index in [0.717, 1.165) is 41.8 Å². The SMILES string of the molecule is CCCCCCOC(=O)c1cnc2c(-c3cc(-c4ccccc4)cs3)cnn2c1. The number of benzene rings is 1. The standard InChI is InChI=1S/C23H23N3O2S/c1-2-3-4-8-11-28-23(27)19-13-24-22-20(14-25-26(22)15-19)21-12-18(16-29-21)17-9-6-5-7-10-17/h5-7,9-10,12-16H,2-4,8,11H2,1H3. The molecule has 4 rings (SSSR count). The predicted molar refractivity (Wildman–Crippen MR) is 116 cm³/mol. The summed E-state index contributed by atoms with van der Waals surface area (Å²) >= 11 is 1.66. The number of thiophene rings is 1. The van der Waals surface area contributed by atoms with Gasteiger partial charge in [-0.15, -0.1) is 11.3 Å². The van der Waals surface area contributed by atoms with Gasteiger partial charge in [-0.25, -0.2) is 14.3 Å². The Labute approximate surface area is 174 Å². The highest BCUT2D eigenvalue weighted by atomic mass is 32.1. The Balaban J connectivity index is 1.50. The molecule has 0 saturated carbocycles. The van der Waals surface area contributed by atoms with Gasteiger partial charge in [-0.05, 0) is 29.0 Å². The summed E-state index contributed by atoms with van der Waals surface area (Å²) in [6.07, 6.45) is 9.34. The Morgan fingerprint density at radius 2 is 1.97 bits per heavy atom. The molecule has 3 aromatic heterocycles. The third-order valence-corrected chi connectivity index (χ3v) is 5.76. The molecule has 0 aliphatic heterocycles. The van der Waals surface area contributed by atoms with Gasteiger partial charge in [0.25, 0.3) is 0 Å². The van der Waals surface area contributed by atoms with Crippen molar-refractivity contribution in [1.29, 1.82) is 0 Å². The minimum absolute atomic E-state index is 0.351. The first-order valence-electron chi connectivity index (χ1n) is 9.91. The lowest BCUT2D eigenvalue weighted by molar-refractivity contribution is 0.0496. The average Bonchev–Trinajstić information content (AvgIpc) is 3.40. The molecule has 0 atom stereocenters. The largest absolute Gasteiger partial charge is 0.462 e. The second kappa shape index (κ2) is 9.01. The van der Waals surface area contributed by atoms with E-state index in [1.165, 1.54) is 11.1 Å². The molecule has 5 nitrogen and oxygen atoms in total. The molecular formula is C23H23N3O2S. The number of fused-ring (bicyclic) bond motifs is 1. The highest BCUT2D eigenvalue weighted by Crippen LogP contribution is 2.34. The van der Waals surface area contributed by atoms with Crippen LogP contribution in [-0.4, -0.2) is 27.2 Å². The minimum Gasteiger partial charge on any atom is -0.462 e. The molecule has 3 heterocycles. The van der Waals surface area contributed by atoms with Crippen molar-refractivity contribution < 1.29 is 9.53 Å². The summed E-state index contributed by atoms with van der Waals surface area (Å²) in [4.78, 5) is 17.8. The zero-order valence-corrected chi connectivity index (χ0v) is 17.2. The van der Waals surface area contributed by atoms with E-state index in [1.54, 1.807) is 34.4 Å². The van der Waals surface area contributed by atoms with E-state index in [1.807, 2.05) is 18.2 Å². The third-order valence-electron chi connectivity index (χ3n) is 4.80. The second-order valence-corrected chi connectivity index (χ2v) is 7.84. The first-order valence-corrected chi connectivity index (χ1v) is 10.8. The van der Waals surface area contributed by atoms with E-state index in [-0.39, 0.29) is 5.97 Å². The second-order valence-electron chi connectivity index (χ2n) is 6.93. The van der Waals surface area contributed by atoms with Gasteiger partial charge in [0.05, 0.1) is 23.9 Å². The first kappa shape index (κ1) is 19.3. The number of aromatic nitrogens is 3. The molecule has 0 bridgehead atoms. The number of nitrogens with zero attached hydrogens (tertiary/aromatic N) is 3. The Kier molecular flexibility index (Phi) is 6.00. The van der Waals surface area contributed by atoms with Gasteiger partial charge in [-0.2, -0.15) is 5.10 Å². The molecule has 4 aromatic rings. The van der Waals surface area contributed by atoms with Crippen LogP contribution in [0, 0.1) is 0 Å². The van der Waals surface area contributed by atoms with Gasteiger partial charge in [0.2, 0.25) is 0 Å². The maximum atomic E-state index is 12.3. The number of ether oxygens (including phenoxy) is 1. The lowest BCUT2D eigenvalue weighted by atomic mass is 10.1. The fourth-order valence-corrected chi connectivity index (χ4v) is 4.11. The van der Waals surface area contributed by atoms with Crippen molar-refractivity contribution in [1.82, 2.24) is 14.6 Å². The van der Waals surface area contributed by atoms with Crippen LogP contribution in [0.3, 0.4) is 0 Å². The van der Waals surface area contributed by atoms with Crippen LogP contribution in [0.15, 0.2) is 60.4 Å². The van der Waals surface area contributed by atoms with Gasteiger partial charge < -0.3 is 4.74 Å². The van der Waals surface area contributed by atoms with Crippen LogP contribution in [0.1, 0.15) is 43.0 Å². The molecule has 0 radical (unpaired) electrons. The van der Waals surface area contributed by atoms with Crippen molar-refractivity contribution in [2.75, 3.05) is 6.61 Å². The zero-order chi connectivity index (χ0) is 20.1. The third kappa shape index (κ3) is 4.38. The van der Waals surface area contributed by atoms with E-state index in [9.17, 15) is 4.79 Å². The van der Waals surface area contributed by atoms with E-state index in [0.29, 0.717) is 12.2 Å².